The van der Waals surface area contributed by atoms with Crippen LogP contribution in [0.25, 0.3) is 0 Å². The Morgan fingerprint density at radius 1 is 0.746 bits per heavy atom. The summed E-state index contributed by atoms with van der Waals surface area (Å²) in [5.74, 6) is 1.54. The summed E-state index contributed by atoms with van der Waals surface area (Å²) < 4.78 is 44.7. The number of esters is 2. The van der Waals surface area contributed by atoms with Gasteiger partial charge in [0.05, 0.1) is 56.8 Å². The van der Waals surface area contributed by atoms with E-state index in [0.29, 0.717) is 63.4 Å². The van der Waals surface area contributed by atoms with Crippen molar-refractivity contribution in [2.75, 3.05) is 13.2 Å². The van der Waals surface area contributed by atoms with E-state index in [-0.39, 0.29) is 63.1 Å². The second-order valence-electron chi connectivity index (χ2n) is 13.1. The summed E-state index contributed by atoms with van der Waals surface area (Å²) in [5.41, 5.74) is 3.15. The molecule has 19 heteroatoms. The number of rotatable bonds is 15. The van der Waals surface area contributed by atoms with Crippen molar-refractivity contribution in [1.29, 1.82) is 0 Å². The van der Waals surface area contributed by atoms with Gasteiger partial charge in [-0.15, -0.1) is 0 Å². The van der Waals surface area contributed by atoms with Crippen LogP contribution in [0, 0.1) is 0 Å². The molecule has 5 aromatic rings. The summed E-state index contributed by atoms with van der Waals surface area (Å²) in [7, 11) is -2.42. The molecule has 2 aliphatic rings. The zero-order valence-corrected chi connectivity index (χ0v) is 35.3. The molecule has 7 rings (SSSR count). The van der Waals surface area contributed by atoms with Gasteiger partial charge in [-0.2, -0.15) is 0 Å². The molecular weight excluding hydrogens is 773 g/mol. The molecule has 16 nitrogen and oxygen atoms in total. The van der Waals surface area contributed by atoms with E-state index in [1.165, 1.54) is 24.8 Å². The van der Waals surface area contributed by atoms with Crippen LogP contribution in [0.1, 0.15) is 70.9 Å². The van der Waals surface area contributed by atoms with Crippen LogP contribution in [-0.2, 0) is 35.0 Å². The number of ether oxygens (including phenoxy) is 6. The van der Waals surface area contributed by atoms with Gasteiger partial charge in [-0.3, -0.25) is 19.6 Å². The molecule has 0 aliphatic carbocycles. The first-order valence-electron chi connectivity index (χ1n) is 18.7. The maximum Gasteiger partial charge on any atom is 1.00 e. The quantitative estimate of drug-likeness (QED) is 0.114. The summed E-state index contributed by atoms with van der Waals surface area (Å²) in [4.78, 5) is 40.1. The molecule has 0 radical (unpaired) electrons. The molecule has 2 atom stereocenters. The fourth-order valence-corrected chi connectivity index (χ4v) is 6.22. The number of carbonyl (C=O) groups is 2. The molecule has 2 aliphatic heterocycles. The number of benzene rings is 3. The summed E-state index contributed by atoms with van der Waals surface area (Å²) >= 11 is 0. The molecule has 59 heavy (non-hydrogen) atoms. The van der Waals surface area contributed by atoms with Gasteiger partial charge in [0.2, 0.25) is 11.8 Å². The van der Waals surface area contributed by atoms with E-state index in [1.54, 1.807) is 50.5 Å². The van der Waals surface area contributed by atoms with Crippen LogP contribution in [0.15, 0.2) is 91.8 Å². The Morgan fingerprint density at radius 3 is 1.69 bits per heavy atom. The number of hydrogen-bond acceptors (Lipinski definition) is 16. The minimum Gasteiger partial charge on any atom is -1.00 e. The second kappa shape index (κ2) is 21.8. The van der Waals surface area contributed by atoms with Crippen LogP contribution in [0.5, 0.6) is 34.8 Å². The molecule has 2 aromatic heterocycles. The zero-order chi connectivity index (χ0) is 41.0. The second-order valence-corrected chi connectivity index (χ2v) is 13.1. The summed E-state index contributed by atoms with van der Waals surface area (Å²) in [6.07, 6.45) is 7.55. The molecule has 2 unspecified atom stereocenters. The number of aromatic nitrogens is 4. The molecule has 0 fully saturated rings. The smallest absolute Gasteiger partial charge is 1.00 e. The van der Waals surface area contributed by atoms with Crippen molar-refractivity contribution in [2.24, 2.45) is 0 Å². The Labute approximate surface area is 365 Å². The third-order valence-electron chi connectivity index (χ3n) is 8.50. The third kappa shape index (κ3) is 12.2. The minimum atomic E-state index is -1.22. The van der Waals surface area contributed by atoms with Crippen molar-refractivity contribution >= 4 is 37.1 Å². The molecule has 0 amide bonds. The van der Waals surface area contributed by atoms with Gasteiger partial charge in [-0.25, -0.2) is 9.97 Å². The number of carbonyl (C=O) groups excluding carboxylic acids is 2. The number of hydrogen-bond donors (Lipinski definition) is 2. The molecule has 0 spiro atoms. The first-order chi connectivity index (χ1) is 28.1. The van der Waals surface area contributed by atoms with Gasteiger partial charge in [0.1, 0.15) is 29.6 Å². The molecule has 0 bridgehead atoms. The summed E-state index contributed by atoms with van der Waals surface area (Å²) in [6.45, 7) is 8.08. The van der Waals surface area contributed by atoms with Crippen molar-refractivity contribution in [3.05, 3.63) is 108 Å². The standard InChI is InChI=1S/C22H21BN2O6.C18H21BN2O6.Na.H/c1-2-28-21(26)12-19-22-17(23(27)31-19)10-16(30-20-13-24-8-9-25-20)11-18(22)29-14-15-6-4-3-5-7-15;1-4-24-17(22)9-15-18-13(19(23)27-15)7-12(8-14(18)25-11(2)3)26-16-10-20-5-6-21-16;;/h3-11,13,19,27H,2,12,14H2,1H3;5-8,10-11,15,23H,4,9H2,1-3H3;;/q;;+1;-1. The van der Waals surface area contributed by atoms with E-state index in [0.717, 1.165) is 5.56 Å². The van der Waals surface area contributed by atoms with Crippen LogP contribution >= 0.6 is 0 Å². The van der Waals surface area contributed by atoms with Gasteiger partial charge < -0.3 is 49.2 Å². The van der Waals surface area contributed by atoms with Crippen molar-refractivity contribution in [1.82, 2.24) is 19.9 Å². The Balaban J connectivity index is 0.000000258. The minimum absolute atomic E-state index is 0. The van der Waals surface area contributed by atoms with Gasteiger partial charge in [0, 0.05) is 48.0 Å². The first kappa shape index (κ1) is 45.0. The molecule has 0 saturated carbocycles. The van der Waals surface area contributed by atoms with Gasteiger partial charge in [0.15, 0.2) is 0 Å². The van der Waals surface area contributed by atoms with Crippen molar-refractivity contribution in [3.8, 4) is 34.8 Å². The Morgan fingerprint density at radius 2 is 1.24 bits per heavy atom. The van der Waals surface area contributed by atoms with Crippen LogP contribution in [0.2, 0.25) is 0 Å². The fraction of sp³-hybridized carbons (Fsp3) is 0.300. The van der Waals surface area contributed by atoms with Crippen molar-refractivity contribution in [3.63, 3.8) is 0 Å². The SMILES string of the molecule is CCOC(=O)CC1OB(O)c2cc(Oc3cnccn3)cc(OC(C)C)c21.CCOC(=O)CC1OB(O)c2cc(Oc3cnccn3)cc(OCc3ccccc3)c21.[H-].[Na+]. The average Bonchev–Trinajstić information content (AvgIpc) is 3.69. The summed E-state index contributed by atoms with van der Waals surface area (Å²) in [5, 5.41) is 20.8. The van der Waals surface area contributed by atoms with Gasteiger partial charge >= 0.3 is 55.7 Å². The third-order valence-corrected chi connectivity index (χ3v) is 8.50. The maximum atomic E-state index is 12.0. The van der Waals surface area contributed by atoms with E-state index in [4.69, 9.17) is 37.7 Å². The fourth-order valence-electron chi connectivity index (χ4n) is 6.22. The average molecular weight is 816 g/mol. The normalized spacial score (nSPS) is 14.9. The van der Waals surface area contributed by atoms with E-state index in [1.807, 2.05) is 44.2 Å². The van der Waals surface area contributed by atoms with Gasteiger partial charge in [0.25, 0.3) is 0 Å². The first-order valence-corrected chi connectivity index (χ1v) is 18.7. The molecule has 302 valence electrons. The van der Waals surface area contributed by atoms with Crippen molar-refractivity contribution in [2.45, 2.75) is 65.5 Å². The largest absolute Gasteiger partial charge is 1.00 e. The van der Waals surface area contributed by atoms with Gasteiger partial charge in [-0.1, -0.05) is 30.3 Å². The van der Waals surface area contributed by atoms with Crippen LogP contribution in [-0.4, -0.2) is 75.5 Å². The Hall–Kier alpha value is -5.07. The molecule has 2 N–H and O–H groups in total. The van der Waals surface area contributed by atoms with Crippen molar-refractivity contribution < 1.29 is 88.4 Å². The number of nitrogens with zero attached hydrogens (tertiary/aromatic N) is 4. The van der Waals surface area contributed by atoms with E-state index < -0.39 is 38.4 Å². The van der Waals surface area contributed by atoms with E-state index >= 15 is 0 Å². The Bertz CT molecular complexity index is 2150. The maximum absolute atomic E-state index is 12.0. The van der Waals surface area contributed by atoms with Crippen LogP contribution in [0.3, 0.4) is 0 Å². The predicted molar refractivity (Wildman–Crippen MR) is 210 cm³/mol. The van der Waals surface area contributed by atoms with Crippen LogP contribution < -0.4 is 59.4 Å². The monoisotopic (exact) mass is 816 g/mol. The summed E-state index contributed by atoms with van der Waals surface area (Å²) in [6, 6.07) is 16.3. The zero-order valence-electron chi connectivity index (χ0n) is 34.3. The van der Waals surface area contributed by atoms with E-state index in [2.05, 4.69) is 19.9 Å². The molecule has 3 aromatic carbocycles. The van der Waals surface area contributed by atoms with E-state index in [9.17, 15) is 19.6 Å². The molecule has 0 saturated heterocycles. The molecule has 4 heterocycles. The topological polar surface area (TPSA) is 200 Å². The van der Waals surface area contributed by atoms with Crippen LogP contribution in [0.4, 0.5) is 0 Å². The Kier molecular flexibility index (Phi) is 16.6. The number of fused-ring (bicyclic) bond motifs is 2. The molecular formula is C40H43B2N4NaO12. The predicted octanol–water partition coefficient (Wildman–Crippen LogP) is 1.44. The van der Waals surface area contributed by atoms with Gasteiger partial charge in [-0.05, 0) is 56.3 Å².